The Bertz CT molecular complexity index is 502. The summed E-state index contributed by atoms with van der Waals surface area (Å²) in [6, 6.07) is 0.776. The largest absolute Gasteiger partial charge is 0.480 e. The summed E-state index contributed by atoms with van der Waals surface area (Å²) in [6.45, 7) is 0. The lowest BCUT2D eigenvalue weighted by Gasteiger charge is -2.12. The lowest BCUT2D eigenvalue weighted by atomic mass is 10.1. The first-order chi connectivity index (χ1) is 9.13. The molecule has 0 saturated heterocycles. The summed E-state index contributed by atoms with van der Waals surface area (Å²) < 4.78 is 4.97. The minimum atomic E-state index is -0.998. The van der Waals surface area contributed by atoms with Gasteiger partial charge < -0.3 is 14.9 Å². The highest BCUT2D eigenvalue weighted by Crippen LogP contribution is 2.39. The number of nitrogens with one attached hydrogen (secondary N) is 1. The molecule has 6 nitrogen and oxygen atoms in total. The third-order valence-corrected chi connectivity index (χ3v) is 3.62. The van der Waals surface area contributed by atoms with Gasteiger partial charge in [0.15, 0.2) is 0 Å². The molecule has 0 aromatic carbocycles. The number of rotatable bonds is 6. The summed E-state index contributed by atoms with van der Waals surface area (Å²) in [7, 11) is 0. The third-order valence-electron chi connectivity index (χ3n) is 3.62. The van der Waals surface area contributed by atoms with Crippen molar-refractivity contribution in [1.82, 2.24) is 10.5 Å². The molecule has 1 aromatic rings. The minimum absolute atomic E-state index is 0.101. The van der Waals surface area contributed by atoms with Gasteiger partial charge in [0, 0.05) is 12.0 Å². The fourth-order valence-corrected chi connectivity index (χ4v) is 2.11. The second kappa shape index (κ2) is 4.68. The van der Waals surface area contributed by atoms with Crippen molar-refractivity contribution < 1.29 is 19.2 Å². The first-order valence-electron chi connectivity index (χ1n) is 6.64. The first kappa shape index (κ1) is 12.2. The Morgan fingerprint density at radius 3 is 2.74 bits per heavy atom. The molecular formula is C13H16N2O4. The van der Waals surface area contributed by atoms with Crippen LogP contribution in [0.2, 0.25) is 0 Å². The van der Waals surface area contributed by atoms with Crippen LogP contribution in [-0.2, 0) is 4.79 Å². The maximum atomic E-state index is 11.9. The van der Waals surface area contributed by atoms with Crippen molar-refractivity contribution in [2.75, 3.05) is 0 Å². The predicted octanol–water partition coefficient (Wildman–Crippen LogP) is 1.54. The zero-order valence-electron chi connectivity index (χ0n) is 10.5. The number of hydrogen-bond acceptors (Lipinski definition) is 4. The molecule has 2 fully saturated rings. The average Bonchev–Trinajstić information content (AvgIpc) is 3.29. The van der Waals surface area contributed by atoms with Gasteiger partial charge in [0.25, 0.3) is 5.91 Å². The van der Waals surface area contributed by atoms with Crippen LogP contribution in [0.1, 0.15) is 54.3 Å². The zero-order chi connectivity index (χ0) is 13.4. The molecule has 1 amide bonds. The molecule has 102 valence electrons. The molecule has 1 unspecified atom stereocenters. The number of hydrogen-bond donors (Lipinski definition) is 2. The Hall–Kier alpha value is -1.85. The van der Waals surface area contributed by atoms with Crippen LogP contribution in [0.4, 0.5) is 0 Å². The maximum Gasteiger partial charge on any atom is 0.326 e. The van der Waals surface area contributed by atoms with Crippen LogP contribution in [0.5, 0.6) is 0 Å². The van der Waals surface area contributed by atoms with E-state index in [1.807, 2.05) is 0 Å². The van der Waals surface area contributed by atoms with Gasteiger partial charge in [-0.2, -0.15) is 0 Å². The summed E-state index contributed by atoms with van der Waals surface area (Å²) in [4.78, 5) is 23.0. The van der Waals surface area contributed by atoms with E-state index in [1.165, 1.54) is 0 Å². The van der Waals surface area contributed by atoms with Crippen molar-refractivity contribution in [3.8, 4) is 0 Å². The number of carbonyl (C=O) groups excluding carboxylic acids is 1. The molecule has 2 aliphatic rings. The van der Waals surface area contributed by atoms with Gasteiger partial charge in [0.1, 0.15) is 6.04 Å². The van der Waals surface area contributed by atoms with E-state index in [-0.39, 0.29) is 5.76 Å². The molecule has 1 atom stereocenters. The van der Waals surface area contributed by atoms with E-state index in [9.17, 15) is 9.59 Å². The zero-order valence-corrected chi connectivity index (χ0v) is 10.5. The number of carboxylic acid groups (broad SMARTS) is 1. The Morgan fingerprint density at radius 1 is 1.42 bits per heavy atom. The molecule has 19 heavy (non-hydrogen) atoms. The molecule has 0 aliphatic heterocycles. The van der Waals surface area contributed by atoms with Crippen LogP contribution >= 0.6 is 0 Å². The molecule has 3 rings (SSSR count). The van der Waals surface area contributed by atoms with E-state index < -0.39 is 17.9 Å². The highest BCUT2D eigenvalue weighted by atomic mass is 16.5. The molecular weight excluding hydrogens is 248 g/mol. The maximum absolute atomic E-state index is 11.9. The van der Waals surface area contributed by atoms with E-state index >= 15 is 0 Å². The molecule has 0 radical (unpaired) electrons. The van der Waals surface area contributed by atoms with Gasteiger partial charge in [-0.15, -0.1) is 0 Å². The normalized spacial score (nSPS) is 20.0. The van der Waals surface area contributed by atoms with Crippen LogP contribution < -0.4 is 5.32 Å². The Balaban J connectivity index is 1.62. The summed E-state index contributed by atoms with van der Waals surface area (Å²) in [6.07, 6.45) is 4.74. The standard InChI is InChI=1S/C13H16N2O4/c16-12(11-6-9(15-19-11)8-3-4-8)14-10(13(17)18)5-7-1-2-7/h6-8,10H,1-5H2,(H,14,16)(H,17,18). The summed E-state index contributed by atoms with van der Waals surface area (Å²) in [5, 5.41) is 15.4. The second-order valence-corrected chi connectivity index (χ2v) is 5.43. The molecule has 2 N–H and O–H groups in total. The van der Waals surface area contributed by atoms with Crippen molar-refractivity contribution in [2.45, 2.75) is 44.1 Å². The lowest BCUT2D eigenvalue weighted by Crippen LogP contribution is -2.41. The molecule has 0 spiro atoms. The number of aliphatic carboxylic acids is 1. The molecule has 2 saturated carbocycles. The number of amides is 1. The minimum Gasteiger partial charge on any atom is -0.480 e. The number of carboxylic acids is 1. The summed E-state index contributed by atoms with van der Waals surface area (Å²) in [5.74, 6) is -0.552. The number of aromatic nitrogens is 1. The fraction of sp³-hybridized carbons (Fsp3) is 0.615. The lowest BCUT2D eigenvalue weighted by molar-refractivity contribution is -0.139. The van der Waals surface area contributed by atoms with Crippen LogP contribution in [-0.4, -0.2) is 28.2 Å². The van der Waals surface area contributed by atoms with E-state index in [4.69, 9.17) is 9.63 Å². The van der Waals surface area contributed by atoms with Crippen molar-refractivity contribution in [2.24, 2.45) is 5.92 Å². The SMILES string of the molecule is O=C(NC(CC1CC1)C(=O)O)c1cc(C2CC2)no1. The van der Waals surface area contributed by atoms with Crippen molar-refractivity contribution >= 4 is 11.9 Å². The van der Waals surface area contributed by atoms with Gasteiger partial charge >= 0.3 is 5.97 Å². The van der Waals surface area contributed by atoms with Crippen molar-refractivity contribution in [3.63, 3.8) is 0 Å². The topological polar surface area (TPSA) is 92.4 Å². The third kappa shape index (κ3) is 2.94. The van der Waals surface area contributed by atoms with Crippen molar-refractivity contribution in [1.29, 1.82) is 0 Å². The van der Waals surface area contributed by atoms with E-state index in [1.54, 1.807) is 6.07 Å². The molecule has 2 aliphatic carbocycles. The van der Waals surface area contributed by atoms with Gasteiger partial charge in [-0.05, 0) is 25.2 Å². The molecule has 1 heterocycles. The monoisotopic (exact) mass is 264 g/mol. The highest BCUT2D eigenvalue weighted by Gasteiger charge is 2.32. The smallest absolute Gasteiger partial charge is 0.326 e. The number of carbonyl (C=O) groups is 2. The second-order valence-electron chi connectivity index (χ2n) is 5.43. The quantitative estimate of drug-likeness (QED) is 0.813. The Kier molecular flexibility index (Phi) is 3.00. The summed E-state index contributed by atoms with van der Waals surface area (Å²) in [5.41, 5.74) is 0.791. The van der Waals surface area contributed by atoms with Crippen LogP contribution in [0.15, 0.2) is 10.6 Å². The summed E-state index contributed by atoms with van der Waals surface area (Å²) >= 11 is 0. The first-order valence-corrected chi connectivity index (χ1v) is 6.64. The predicted molar refractivity (Wildman–Crippen MR) is 64.7 cm³/mol. The van der Waals surface area contributed by atoms with Crippen LogP contribution in [0, 0.1) is 5.92 Å². The van der Waals surface area contributed by atoms with E-state index in [0.29, 0.717) is 18.3 Å². The molecule has 1 aromatic heterocycles. The van der Waals surface area contributed by atoms with Gasteiger partial charge in [-0.3, -0.25) is 4.79 Å². The van der Waals surface area contributed by atoms with Gasteiger partial charge in [-0.1, -0.05) is 18.0 Å². The van der Waals surface area contributed by atoms with E-state index in [2.05, 4.69) is 10.5 Å². The van der Waals surface area contributed by atoms with Crippen LogP contribution in [0.3, 0.4) is 0 Å². The van der Waals surface area contributed by atoms with E-state index in [0.717, 1.165) is 31.4 Å². The molecule has 0 bridgehead atoms. The molecule has 6 heteroatoms. The van der Waals surface area contributed by atoms with Crippen molar-refractivity contribution in [3.05, 3.63) is 17.5 Å². The highest BCUT2D eigenvalue weighted by molar-refractivity contribution is 5.94. The van der Waals surface area contributed by atoms with Gasteiger partial charge in [-0.25, -0.2) is 4.79 Å². The van der Waals surface area contributed by atoms with Crippen LogP contribution in [0.25, 0.3) is 0 Å². The fourth-order valence-electron chi connectivity index (χ4n) is 2.11. The average molecular weight is 264 g/mol. The van der Waals surface area contributed by atoms with Gasteiger partial charge in [0.2, 0.25) is 5.76 Å². The Morgan fingerprint density at radius 2 is 2.16 bits per heavy atom. The van der Waals surface area contributed by atoms with Gasteiger partial charge in [0.05, 0.1) is 5.69 Å². The number of nitrogens with zero attached hydrogens (tertiary/aromatic N) is 1. The Labute approximate surface area is 110 Å².